The molecule has 0 aromatic rings. The van der Waals surface area contributed by atoms with E-state index in [-0.39, 0.29) is 0 Å². The van der Waals surface area contributed by atoms with Crippen LogP contribution < -0.4 is 5.32 Å². The van der Waals surface area contributed by atoms with Gasteiger partial charge in [-0.15, -0.1) is 0 Å². The van der Waals surface area contributed by atoms with Gasteiger partial charge in [-0.3, -0.25) is 9.11 Å². The molecule has 0 saturated heterocycles. The van der Waals surface area contributed by atoms with Crippen LogP contribution in [0.5, 0.6) is 0 Å². The molecule has 0 aromatic carbocycles. The molecule has 0 bridgehead atoms. The molecule has 0 spiro atoms. The molecule has 0 heterocycles. The van der Waals surface area contributed by atoms with Crippen LogP contribution in [0.3, 0.4) is 0 Å². The summed E-state index contributed by atoms with van der Waals surface area (Å²) in [6.07, 6.45) is 7.17. The molecule has 1 fully saturated rings. The lowest BCUT2D eigenvalue weighted by Crippen LogP contribution is -2.30. The summed E-state index contributed by atoms with van der Waals surface area (Å²) in [6, 6.07) is 0.851. The highest BCUT2D eigenvalue weighted by Gasteiger charge is 2.10. The van der Waals surface area contributed by atoms with Crippen molar-refractivity contribution in [1.82, 2.24) is 5.32 Å². The summed E-state index contributed by atoms with van der Waals surface area (Å²) in [7, 11) is -4.67. The molecule has 6 heteroatoms. The minimum absolute atomic E-state index is 0.851. The van der Waals surface area contributed by atoms with E-state index in [1.807, 2.05) is 0 Å². The van der Waals surface area contributed by atoms with E-state index in [0.717, 1.165) is 12.6 Å². The van der Waals surface area contributed by atoms with Crippen molar-refractivity contribution in [3.8, 4) is 0 Å². The Morgan fingerprint density at radius 2 is 1.64 bits per heavy atom. The van der Waals surface area contributed by atoms with Crippen LogP contribution in [0.15, 0.2) is 0 Å². The third kappa shape index (κ3) is 11.8. The predicted molar refractivity (Wildman–Crippen MR) is 54.7 cm³/mol. The molecule has 1 aliphatic carbocycles. The highest BCUT2D eigenvalue weighted by molar-refractivity contribution is 7.79. The molecule has 0 atom stereocenters. The molecule has 5 nitrogen and oxygen atoms in total. The van der Waals surface area contributed by atoms with Gasteiger partial charge >= 0.3 is 10.4 Å². The zero-order chi connectivity index (χ0) is 11.0. The van der Waals surface area contributed by atoms with Crippen LogP contribution >= 0.6 is 0 Å². The summed E-state index contributed by atoms with van der Waals surface area (Å²) in [5.41, 5.74) is 0. The first-order valence-corrected chi connectivity index (χ1v) is 6.26. The Balaban J connectivity index is 0.000000292. The van der Waals surface area contributed by atoms with Gasteiger partial charge in [0.25, 0.3) is 0 Å². The largest absolute Gasteiger partial charge is 0.394 e. The lowest BCUT2D eigenvalue weighted by Gasteiger charge is -2.21. The first-order valence-electron chi connectivity index (χ1n) is 4.86. The topological polar surface area (TPSA) is 86.6 Å². The number of nitrogens with one attached hydrogen (secondary N) is 1. The molecule has 0 aromatic heterocycles. The van der Waals surface area contributed by atoms with Crippen molar-refractivity contribution in [2.75, 3.05) is 6.54 Å². The Morgan fingerprint density at radius 1 is 1.21 bits per heavy atom. The molecule has 0 unspecified atom stereocenters. The summed E-state index contributed by atoms with van der Waals surface area (Å²) < 4.78 is 31.6. The molecular formula is C8H19NO4S. The Hall–Kier alpha value is -0.170. The van der Waals surface area contributed by atoms with Gasteiger partial charge in [-0.05, 0) is 19.4 Å². The second-order valence-electron chi connectivity index (χ2n) is 3.34. The van der Waals surface area contributed by atoms with Gasteiger partial charge in [0.05, 0.1) is 0 Å². The summed E-state index contributed by atoms with van der Waals surface area (Å²) >= 11 is 0. The molecule has 3 N–H and O–H groups in total. The fourth-order valence-electron chi connectivity index (χ4n) is 1.60. The quantitative estimate of drug-likeness (QED) is 0.616. The van der Waals surface area contributed by atoms with Crippen LogP contribution in [0.1, 0.15) is 39.0 Å². The predicted octanol–water partition coefficient (Wildman–Crippen LogP) is 1.28. The van der Waals surface area contributed by atoms with Crippen molar-refractivity contribution < 1.29 is 17.5 Å². The molecule has 86 valence electrons. The minimum atomic E-state index is -4.67. The molecule has 0 aliphatic heterocycles. The summed E-state index contributed by atoms with van der Waals surface area (Å²) in [4.78, 5) is 0. The van der Waals surface area contributed by atoms with Gasteiger partial charge in [-0.25, -0.2) is 0 Å². The Kier molecular flexibility index (Phi) is 7.08. The maximum atomic E-state index is 8.74. The monoisotopic (exact) mass is 225 g/mol. The van der Waals surface area contributed by atoms with E-state index in [4.69, 9.17) is 17.5 Å². The maximum Gasteiger partial charge on any atom is 0.394 e. The highest BCUT2D eigenvalue weighted by atomic mass is 32.3. The molecule has 1 saturated carbocycles. The third-order valence-corrected chi connectivity index (χ3v) is 2.10. The summed E-state index contributed by atoms with van der Waals surface area (Å²) in [6.45, 7) is 3.33. The average Bonchev–Trinajstić information content (AvgIpc) is 2.03. The zero-order valence-electron chi connectivity index (χ0n) is 8.44. The van der Waals surface area contributed by atoms with Crippen molar-refractivity contribution in [1.29, 1.82) is 0 Å². The van der Waals surface area contributed by atoms with Crippen LogP contribution in [0, 0.1) is 0 Å². The van der Waals surface area contributed by atoms with Gasteiger partial charge < -0.3 is 5.32 Å². The maximum absolute atomic E-state index is 8.74. The molecule has 1 aliphatic rings. The van der Waals surface area contributed by atoms with Gasteiger partial charge in [0.2, 0.25) is 0 Å². The normalized spacial score (nSPS) is 18.5. The first-order chi connectivity index (χ1) is 6.43. The van der Waals surface area contributed by atoms with Gasteiger partial charge in [0.15, 0.2) is 0 Å². The van der Waals surface area contributed by atoms with E-state index in [0.29, 0.717) is 0 Å². The van der Waals surface area contributed by atoms with E-state index in [1.54, 1.807) is 0 Å². The van der Waals surface area contributed by atoms with Crippen LogP contribution in [0.25, 0.3) is 0 Å². The van der Waals surface area contributed by atoms with Crippen molar-refractivity contribution in [2.24, 2.45) is 0 Å². The molecule has 1 rings (SSSR count). The van der Waals surface area contributed by atoms with Crippen LogP contribution in [-0.2, 0) is 10.4 Å². The second kappa shape index (κ2) is 7.17. The SMILES string of the molecule is CCNC1CCCCC1.O=S(=O)(O)O. The van der Waals surface area contributed by atoms with Crippen molar-refractivity contribution in [2.45, 2.75) is 45.1 Å². The highest BCUT2D eigenvalue weighted by Crippen LogP contribution is 2.16. The smallest absolute Gasteiger partial charge is 0.314 e. The third-order valence-electron chi connectivity index (χ3n) is 2.10. The average molecular weight is 225 g/mol. The minimum Gasteiger partial charge on any atom is -0.314 e. The zero-order valence-corrected chi connectivity index (χ0v) is 9.26. The Morgan fingerprint density at radius 3 is 2.00 bits per heavy atom. The lowest BCUT2D eigenvalue weighted by atomic mass is 9.96. The number of hydrogen-bond donors (Lipinski definition) is 3. The fourth-order valence-corrected chi connectivity index (χ4v) is 1.60. The van der Waals surface area contributed by atoms with Crippen LogP contribution in [0.2, 0.25) is 0 Å². The molecular weight excluding hydrogens is 206 g/mol. The Labute approximate surface area is 85.5 Å². The van der Waals surface area contributed by atoms with Crippen LogP contribution in [0.4, 0.5) is 0 Å². The van der Waals surface area contributed by atoms with E-state index >= 15 is 0 Å². The van der Waals surface area contributed by atoms with E-state index < -0.39 is 10.4 Å². The van der Waals surface area contributed by atoms with Crippen LogP contribution in [-0.4, -0.2) is 30.1 Å². The number of hydrogen-bond acceptors (Lipinski definition) is 3. The summed E-state index contributed by atoms with van der Waals surface area (Å²) in [5, 5.41) is 3.48. The van der Waals surface area contributed by atoms with Crippen molar-refractivity contribution in [3.63, 3.8) is 0 Å². The molecule has 0 amide bonds. The van der Waals surface area contributed by atoms with Gasteiger partial charge in [-0.2, -0.15) is 8.42 Å². The molecule has 0 radical (unpaired) electrons. The lowest BCUT2D eigenvalue weighted by molar-refractivity contribution is 0.380. The van der Waals surface area contributed by atoms with Gasteiger partial charge in [-0.1, -0.05) is 26.2 Å². The van der Waals surface area contributed by atoms with Crippen molar-refractivity contribution >= 4 is 10.4 Å². The van der Waals surface area contributed by atoms with Gasteiger partial charge in [0.1, 0.15) is 0 Å². The van der Waals surface area contributed by atoms with E-state index in [1.165, 1.54) is 32.1 Å². The van der Waals surface area contributed by atoms with E-state index in [9.17, 15) is 0 Å². The standard InChI is InChI=1S/C8H17N.H2O4S/c1-2-9-8-6-4-3-5-7-8;1-5(2,3)4/h8-9H,2-7H2,1H3;(H2,1,2,3,4). The fraction of sp³-hybridized carbons (Fsp3) is 1.00. The summed E-state index contributed by atoms with van der Waals surface area (Å²) in [5.74, 6) is 0. The first kappa shape index (κ1) is 13.8. The van der Waals surface area contributed by atoms with Gasteiger partial charge in [0, 0.05) is 6.04 Å². The second-order valence-corrected chi connectivity index (χ2v) is 4.24. The van der Waals surface area contributed by atoms with Crippen molar-refractivity contribution in [3.05, 3.63) is 0 Å². The van der Waals surface area contributed by atoms with E-state index in [2.05, 4.69) is 12.2 Å². The Bertz CT molecular complexity index is 211. The number of rotatable bonds is 2. The molecule has 14 heavy (non-hydrogen) atoms.